The number of urea groups is 1. The van der Waals surface area contributed by atoms with E-state index in [0.717, 1.165) is 44.5 Å². The molecular formula is C16H26N2O2. The zero-order valence-electron chi connectivity index (χ0n) is 12.6. The fourth-order valence-electron chi connectivity index (χ4n) is 1.82. The number of hydrogen-bond acceptors (Lipinski definition) is 2. The second kappa shape index (κ2) is 10.1. The van der Waals surface area contributed by atoms with E-state index >= 15 is 0 Å². The van der Waals surface area contributed by atoms with Crippen molar-refractivity contribution in [2.24, 2.45) is 0 Å². The summed E-state index contributed by atoms with van der Waals surface area (Å²) < 4.78 is 5.48. The summed E-state index contributed by atoms with van der Waals surface area (Å²) in [6.45, 7) is 6.10. The van der Waals surface area contributed by atoms with Crippen LogP contribution in [0.25, 0.3) is 0 Å². The first kappa shape index (κ1) is 16.3. The number of amides is 2. The van der Waals surface area contributed by atoms with Crippen LogP contribution in [-0.4, -0.2) is 30.8 Å². The largest absolute Gasteiger partial charge is 0.473 e. The zero-order chi connectivity index (χ0) is 14.6. The summed E-state index contributed by atoms with van der Waals surface area (Å²) in [5.41, 5.74) is 0. The van der Waals surface area contributed by atoms with Gasteiger partial charge in [0.25, 0.3) is 0 Å². The van der Waals surface area contributed by atoms with Crippen molar-refractivity contribution in [3.63, 3.8) is 0 Å². The average molecular weight is 278 g/mol. The zero-order valence-corrected chi connectivity index (χ0v) is 12.6. The van der Waals surface area contributed by atoms with E-state index in [4.69, 9.17) is 4.74 Å². The molecule has 0 aromatic heterocycles. The number of carbonyl (C=O) groups excluding carboxylic acids is 1. The Kier molecular flexibility index (Phi) is 8.27. The van der Waals surface area contributed by atoms with Gasteiger partial charge in [0.05, 0.1) is 0 Å². The minimum absolute atomic E-state index is 0.0390. The first-order valence-electron chi connectivity index (χ1n) is 7.48. The maximum Gasteiger partial charge on any atom is 0.320 e. The molecular weight excluding hydrogens is 252 g/mol. The van der Waals surface area contributed by atoms with Crippen molar-refractivity contribution in [2.75, 3.05) is 19.8 Å². The number of rotatable bonds is 9. The summed E-state index contributed by atoms with van der Waals surface area (Å²) in [6, 6.07) is 9.46. The molecule has 0 saturated carbocycles. The Bertz CT molecular complexity index is 360. The van der Waals surface area contributed by atoms with Crippen LogP contribution in [-0.2, 0) is 0 Å². The minimum Gasteiger partial charge on any atom is -0.473 e. The van der Waals surface area contributed by atoms with Crippen molar-refractivity contribution in [1.29, 1.82) is 0 Å². The van der Waals surface area contributed by atoms with Gasteiger partial charge in [0.2, 0.25) is 0 Å². The van der Waals surface area contributed by atoms with Crippen LogP contribution in [0, 0.1) is 0 Å². The van der Waals surface area contributed by atoms with Crippen molar-refractivity contribution in [3.05, 3.63) is 30.3 Å². The monoisotopic (exact) mass is 278 g/mol. The van der Waals surface area contributed by atoms with Crippen LogP contribution in [0.4, 0.5) is 4.79 Å². The molecule has 0 spiro atoms. The first-order chi connectivity index (χ1) is 9.77. The molecule has 2 amide bonds. The summed E-state index contributed by atoms with van der Waals surface area (Å²) in [7, 11) is 0. The van der Waals surface area contributed by atoms with Crippen LogP contribution in [0.2, 0.25) is 0 Å². The van der Waals surface area contributed by atoms with Crippen molar-refractivity contribution in [1.82, 2.24) is 10.2 Å². The predicted octanol–water partition coefficient (Wildman–Crippen LogP) is 3.63. The molecule has 1 aromatic carbocycles. The third kappa shape index (κ3) is 6.45. The third-order valence-electron chi connectivity index (χ3n) is 3.06. The van der Waals surface area contributed by atoms with E-state index in [-0.39, 0.29) is 12.8 Å². The van der Waals surface area contributed by atoms with Gasteiger partial charge in [-0.2, -0.15) is 0 Å². The summed E-state index contributed by atoms with van der Waals surface area (Å²) in [6.07, 6.45) is 4.26. The number of ether oxygens (including phenoxy) is 1. The molecule has 0 aliphatic carbocycles. The molecule has 0 bridgehead atoms. The van der Waals surface area contributed by atoms with E-state index in [1.807, 2.05) is 35.2 Å². The summed E-state index contributed by atoms with van der Waals surface area (Å²) in [4.78, 5) is 14.0. The molecule has 20 heavy (non-hydrogen) atoms. The van der Waals surface area contributed by atoms with Crippen LogP contribution in [0.5, 0.6) is 5.75 Å². The highest BCUT2D eigenvalue weighted by Gasteiger charge is 2.11. The van der Waals surface area contributed by atoms with Crippen molar-refractivity contribution >= 4 is 6.03 Å². The topological polar surface area (TPSA) is 41.6 Å². The van der Waals surface area contributed by atoms with E-state index in [0.29, 0.717) is 0 Å². The molecule has 1 rings (SSSR count). The summed E-state index contributed by atoms with van der Waals surface area (Å²) in [5, 5.41) is 2.81. The third-order valence-corrected chi connectivity index (χ3v) is 3.06. The van der Waals surface area contributed by atoms with Gasteiger partial charge >= 0.3 is 6.03 Å². The van der Waals surface area contributed by atoms with Gasteiger partial charge in [0.1, 0.15) is 5.75 Å². The van der Waals surface area contributed by atoms with E-state index in [1.165, 1.54) is 0 Å². The molecule has 1 aromatic rings. The van der Waals surface area contributed by atoms with Gasteiger partial charge in [0, 0.05) is 13.1 Å². The van der Waals surface area contributed by atoms with Crippen molar-refractivity contribution in [2.45, 2.75) is 39.5 Å². The number of unbranched alkanes of at least 4 members (excludes halogenated alkanes) is 2. The number of nitrogens with zero attached hydrogens (tertiary/aromatic N) is 1. The molecule has 0 aliphatic rings. The maximum absolute atomic E-state index is 12.1. The fourth-order valence-corrected chi connectivity index (χ4v) is 1.82. The quantitative estimate of drug-likeness (QED) is 0.701. The number of para-hydroxylation sites is 1. The Labute approximate surface area is 122 Å². The first-order valence-corrected chi connectivity index (χ1v) is 7.48. The highest BCUT2D eigenvalue weighted by Crippen LogP contribution is 2.07. The van der Waals surface area contributed by atoms with Crippen molar-refractivity contribution < 1.29 is 9.53 Å². The Morgan fingerprint density at radius 2 is 1.70 bits per heavy atom. The Morgan fingerprint density at radius 1 is 1.10 bits per heavy atom. The van der Waals surface area contributed by atoms with E-state index in [2.05, 4.69) is 19.2 Å². The second-order valence-corrected chi connectivity index (χ2v) is 4.78. The van der Waals surface area contributed by atoms with Gasteiger partial charge in [-0.1, -0.05) is 44.9 Å². The molecule has 0 saturated heterocycles. The van der Waals surface area contributed by atoms with Crippen LogP contribution < -0.4 is 10.1 Å². The predicted molar refractivity (Wildman–Crippen MR) is 81.9 cm³/mol. The standard InChI is InChI=1S/C16H26N2O2/c1-3-5-12-18(13-6-4-2)16(19)17-14-20-15-10-8-7-9-11-15/h7-11H,3-6,12-14H2,1-2H3,(H,17,19). The van der Waals surface area contributed by atoms with E-state index in [1.54, 1.807) is 0 Å². The Hall–Kier alpha value is -1.71. The SMILES string of the molecule is CCCCN(CCCC)C(=O)NCOc1ccccc1. The van der Waals surface area contributed by atoms with Gasteiger partial charge in [-0.25, -0.2) is 4.79 Å². The van der Waals surface area contributed by atoms with Gasteiger partial charge in [0.15, 0.2) is 6.73 Å². The molecule has 0 heterocycles. The van der Waals surface area contributed by atoms with Gasteiger partial charge in [-0.05, 0) is 25.0 Å². The van der Waals surface area contributed by atoms with Crippen LogP contribution in [0.15, 0.2) is 30.3 Å². The molecule has 4 nitrogen and oxygen atoms in total. The lowest BCUT2D eigenvalue weighted by atomic mass is 10.3. The maximum atomic E-state index is 12.1. The lowest BCUT2D eigenvalue weighted by Gasteiger charge is -2.22. The molecule has 112 valence electrons. The van der Waals surface area contributed by atoms with Gasteiger partial charge in [-0.3, -0.25) is 0 Å². The minimum atomic E-state index is -0.0390. The fraction of sp³-hybridized carbons (Fsp3) is 0.562. The Morgan fingerprint density at radius 3 is 2.25 bits per heavy atom. The molecule has 0 radical (unpaired) electrons. The Balaban J connectivity index is 2.32. The number of benzene rings is 1. The molecule has 0 fully saturated rings. The molecule has 0 atom stereocenters. The normalized spacial score (nSPS) is 10.1. The number of carbonyl (C=O) groups is 1. The molecule has 0 aliphatic heterocycles. The van der Waals surface area contributed by atoms with Crippen LogP contribution in [0.1, 0.15) is 39.5 Å². The molecule has 0 unspecified atom stereocenters. The highest BCUT2D eigenvalue weighted by atomic mass is 16.5. The lowest BCUT2D eigenvalue weighted by molar-refractivity contribution is 0.183. The van der Waals surface area contributed by atoms with Gasteiger partial charge in [-0.15, -0.1) is 0 Å². The van der Waals surface area contributed by atoms with E-state index in [9.17, 15) is 4.79 Å². The van der Waals surface area contributed by atoms with Gasteiger partial charge < -0.3 is 15.0 Å². The lowest BCUT2D eigenvalue weighted by Crippen LogP contribution is -2.42. The molecule has 4 heteroatoms. The molecule has 1 N–H and O–H groups in total. The number of hydrogen-bond donors (Lipinski definition) is 1. The van der Waals surface area contributed by atoms with Crippen LogP contribution >= 0.6 is 0 Å². The summed E-state index contributed by atoms with van der Waals surface area (Å²) in [5.74, 6) is 0.765. The van der Waals surface area contributed by atoms with Crippen LogP contribution in [0.3, 0.4) is 0 Å². The average Bonchev–Trinajstić information content (AvgIpc) is 2.48. The smallest absolute Gasteiger partial charge is 0.320 e. The highest BCUT2D eigenvalue weighted by molar-refractivity contribution is 5.73. The van der Waals surface area contributed by atoms with E-state index < -0.39 is 0 Å². The number of nitrogens with one attached hydrogen (secondary N) is 1. The summed E-state index contributed by atoms with van der Waals surface area (Å²) >= 11 is 0. The van der Waals surface area contributed by atoms with Crippen molar-refractivity contribution in [3.8, 4) is 5.75 Å². The second-order valence-electron chi connectivity index (χ2n) is 4.78.